The van der Waals surface area contributed by atoms with Crippen LogP contribution in [0.15, 0.2) is 42.5 Å². The lowest BCUT2D eigenvalue weighted by atomic mass is 9.98. The fraction of sp³-hybridized carbons (Fsp3) is 0.250. The van der Waals surface area contributed by atoms with Gasteiger partial charge in [0.25, 0.3) is 5.91 Å². The first kappa shape index (κ1) is 18.8. The van der Waals surface area contributed by atoms with Crippen LogP contribution in [-0.4, -0.2) is 34.8 Å². The molecule has 0 aromatic heterocycles. The summed E-state index contributed by atoms with van der Waals surface area (Å²) in [6.45, 7) is 1.60. The van der Waals surface area contributed by atoms with Gasteiger partial charge in [-0.3, -0.25) is 19.3 Å². The van der Waals surface area contributed by atoms with E-state index >= 15 is 0 Å². The van der Waals surface area contributed by atoms with Gasteiger partial charge in [-0.1, -0.05) is 35.3 Å². The van der Waals surface area contributed by atoms with Crippen molar-refractivity contribution in [1.29, 1.82) is 0 Å². The third-order valence-corrected chi connectivity index (χ3v) is 5.81. The number of hydrogen-bond acceptors (Lipinski definition) is 3. The van der Waals surface area contributed by atoms with Crippen LogP contribution in [0.1, 0.15) is 30.1 Å². The SMILES string of the molecule is CC12CCC(=O)N1c1ccccc1C(=O)N2CC(=O)Nc1cc(Cl)ccc1Cl. The van der Waals surface area contributed by atoms with Crippen molar-refractivity contribution in [3.8, 4) is 0 Å². The minimum absolute atomic E-state index is 0.0641. The zero-order valence-corrected chi connectivity index (χ0v) is 16.5. The molecule has 4 rings (SSSR count). The molecular formula is C20H17Cl2N3O3. The van der Waals surface area contributed by atoms with Crippen molar-refractivity contribution in [2.24, 2.45) is 0 Å². The van der Waals surface area contributed by atoms with E-state index in [1.807, 2.05) is 6.92 Å². The van der Waals surface area contributed by atoms with E-state index in [0.717, 1.165) is 0 Å². The minimum Gasteiger partial charge on any atom is -0.323 e. The van der Waals surface area contributed by atoms with E-state index in [9.17, 15) is 14.4 Å². The lowest BCUT2D eigenvalue weighted by molar-refractivity contribution is -0.120. The van der Waals surface area contributed by atoms with Crippen LogP contribution in [-0.2, 0) is 9.59 Å². The predicted octanol–water partition coefficient (Wildman–Crippen LogP) is 3.93. The van der Waals surface area contributed by atoms with Gasteiger partial charge >= 0.3 is 0 Å². The number of carbonyl (C=O) groups excluding carboxylic acids is 3. The van der Waals surface area contributed by atoms with Gasteiger partial charge in [0.1, 0.15) is 12.2 Å². The Morgan fingerprint density at radius 1 is 1.18 bits per heavy atom. The molecule has 0 bridgehead atoms. The molecule has 8 heteroatoms. The molecular weight excluding hydrogens is 401 g/mol. The van der Waals surface area contributed by atoms with Gasteiger partial charge in [-0.2, -0.15) is 0 Å². The maximum Gasteiger partial charge on any atom is 0.258 e. The third-order valence-electron chi connectivity index (χ3n) is 5.25. The molecule has 1 N–H and O–H groups in total. The highest BCUT2D eigenvalue weighted by atomic mass is 35.5. The molecule has 0 aliphatic carbocycles. The molecule has 1 saturated heterocycles. The smallest absolute Gasteiger partial charge is 0.258 e. The summed E-state index contributed by atoms with van der Waals surface area (Å²) < 4.78 is 0. The summed E-state index contributed by atoms with van der Waals surface area (Å²) in [7, 11) is 0. The summed E-state index contributed by atoms with van der Waals surface area (Å²) in [5.41, 5.74) is 0.474. The molecule has 1 unspecified atom stereocenters. The van der Waals surface area contributed by atoms with E-state index in [-0.39, 0.29) is 18.4 Å². The zero-order chi connectivity index (χ0) is 20.1. The topological polar surface area (TPSA) is 69.7 Å². The number of carbonyl (C=O) groups is 3. The van der Waals surface area contributed by atoms with Crippen LogP contribution in [0.3, 0.4) is 0 Å². The molecule has 2 heterocycles. The second-order valence-corrected chi connectivity index (χ2v) is 7.87. The number of fused-ring (bicyclic) bond motifs is 3. The molecule has 3 amide bonds. The van der Waals surface area contributed by atoms with E-state index in [4.69, 9.17) is 23.2 Å². The lowest BCUT2D eigenvalue weighted by Crippen LogP contribution is -2.63. The van der Waals surface area contributed by atoms with E-state index in [1.54, 1.807) is 47.4 Å². The largest absolute Gasteiger partial charge is 0.323 e. The number of rotatable bonds is 3. The highest BCUT2D eigenvalue weighted by Gasteiger charge is 2.53. The Balaban J connectivity index is 1.65. The van der Waals surface area contributed by atoms with Crippen LogP contribution in [0.2, 0.25) is 10.0 Å². The number of nitrogens with one attached hydrogen (secondary N) is 1. The normalized spacial score (nSPS) is 20.8. The molecule has 2 aliphatic heterocycles. The fourth-order valence-corrected chi connectivity index (χ4v) is 4.20. The number of benzene rings is 2. The Hall–Kier alpha value is -2.57. The van der Waals surface area contributed by atoms with Crippen molar-refractivity contribution < 1.29 is 14.4 Å². The minimum atomic E-state index is -0.891. The van der Waals surface area contributed by atoms with Gasteiger partial charge in [0.05, 0.1) is 22.0 Å². The zero-order valence-electron chi connectivity index (χ0n) is 15.0. The molecule has 0 spiro atoms. The second kappa shape index (κ2) is 6.79. The number of hydrogen-bond donors (Lipinski definition) is 1. The van der Waals surface area contributed by atoms with E-state index in [1.165, 1.54) is 4.90 Å². The first-order chi connectivity index (χ1) is 13.3. The van der Waals surface area contributed by atoms with Crippen LogP contribution < -0.4 is 10.2 Å². The van der Waals surface area contributed by atoms with Gasteiger partial charge in [0.2, 0.25) is 11.8 Å². The quantitative estimate of drug-likeness (QED) is 0.821. The van der Waals surface area contributed by atoms with Crippen molar-refractivity contribution in [1.82, 2.24) is 4.90 Å². The second-order valence-electron chi connectivity index (χ2n) is 7.03. The molecule has 1 fully saturated rings. The summed E-state index contributed by atoms with van der Waals surface area (Å²) in [6, 6.07) is 11.7. The Labute approximate surface area is 172 Å². The van der Waals surface area contributed by atoms with Gasteiger partial charge in [-0.05, 0) is 43.7 Å². The molecule has 2 aliphatic rings. The van der Waals surface area contributed by atoms with E-state index < -0.39 is 11.6 Å². The van der Waals surface area contributed by atoms with Gasteiger partial charge in [0.15, 0.2) is 0 Å². The molecule has 0 saturated carbocycles. The molecule has 0 radical (unpaired) electrons. The number of anilines is 2. The number of halogens is 2. The molecule has 28 heavy (non-hydrogen) atoms. The van der Waals surface area contributed by atoms with Crippen LogP contribution in [0.25, 0.3) is 0 Å². The number of para-hydroxylation sites is 1. The average molecular weight is 418 g/mol. The van der Waals surface area contributed by atoms with Gasteiger partial charge in [-0.25, -0.2) is 0 Å². The monoisotopic (exact) mass is 417 g/mol. The number of nitrogens with zero attached hydrogens (tertiary/aromatic N) is 2. The number of amides is 3. The summed E-state index contributed by atoms with van der Waals surface area (Å²) in [6.07, 6.45) is 0.771. The van der Waals surface area contributed by atoms with Crippen LogP contribution in [0.5, 0.6) is 0 Å². The van der Waals surface area contributed by atoms with Crippen LogP contribution >= 0.6 is 23.2 Å². The Morgan fingerprint density at radius 3 is 2.71 bits per heavy atom. The third kappa shape index (κ3) is 2.93. The Kier molecular flexibility index (Phi) is 4.56. The standard InChI is InChI=1S/C20H17Cl2N3O3/c1-20-9-8-18(27)25(20)16-5-3-2-4-13(16)19(28)24(20)11-17(26)23-15-10-12(21)6-7-14(15)22/h2-7,10H,8-9,11H2,1H3,(H,23,26). The van der Waals surface area contributed by atoms with Gasteiger partial charge in [0, 0.05) is 11.4 Å². The van der Waals surface area contributed by atoms with E-state index in [0.29, 0.717) is 39.8 Å². The average Bonchev–Trinajstić information content (AvgIpc) is 2.97. The fourth-order valence-electron chi connectivity index (χ4n) is 3.87. The lowest BCUT2D eigenvalue weighted by Gasteiger charge is -2.48. The summed E-state index contributed by atoms with van der Waals surface area (Å²) >= 11 is 12.1. The molecule has 2 aromatic rings. The summed E-state index contributed by atoms with van der Waals surface area (Å²) in [5.74, 6) is -0.764. The van der Waals surface area contributed by atoms with Crippen molar-refractivity contribution in [3.63, 3.8) is 0 Å². The van der Waals surface area contributed by atoms with E-state index in [2.05, 4.69) is 5.32 Å². The van der Waals surface area contributed by atoms with Gasteiger partial charge in [-0.15, -0.1) is 0 Å². The van der Waals surface area contributed by atoms with Crippen LogP contribution in [0, 0.1) is 0 Å². The van der Waals surface area contributed by atoms with Crippen molar-refractivity contribution in [2.45, 2.75) is 25.4 Å². The Morgan fingerprint density at radius 2 is 1.93 bits per heavy atom. The molecule has 2 aromatic carbocycles. The van der Waals surface area contributed by atoms with Crippen LogP contribution in [0.4, 0.5) is 11.4 Å². The molecule has 1 atom stereocenters. The summed E-state index contributed by atoms with van der Waals surface area (Å²) in [5, 5.41) is 3.48. The van der Waals surface area contributed by atoms with Crippen molar-refractivity contribution >= 4 is 52.3 Å². The maximum absolute atomic E-state index is 13.1. The highest BCUT2D eigenvalue weighted by molar-refractivity contribution is 6.35. The predicted molar refractivity (Wildman–Crippen MR) is 108 cm³/mol. The Bertz CT molecular complexity index is 1010. The molecule has 144 valence electrons. The molecule has 6 nitrogen and oxygen atoms in total. The van der Waals surface area contributed by atoms with Gasteiger partial charge < -0.3 is 10.2 Å². The first-order valence-electron chi connectivity index (χ1n) is 8.80. The van der Waals surface area contributed by atoms with Crippen molar-refractivity contribution in [2.75, 3.05) is 16.8 Å². The highest BCUT2D eigenvalue weighted by Crippen LogP contribution is 2.43. The maximum atomic E-state index is 13.1. The van der Waals surface area contributed by atoms with Crippen molar-refractivity contribution in [3.05, 3.63) is 58.1 Å². The first-order valence-corrected chi connectivity index (χ1v) is 9.56. The summed E-state index contributed by atoms with van der Waals surface area (Å²) in [4.78, 5) is 41.5.